The van der Waals surface area contributed by atoms with Crippen molar-refractivity contribution in [2.24, 2.45) is 5.73 Å². The molecule has 0 radical (unpaired) electrons. The maximum atomic E-state index is 11.9. The molecule has 3 N–H and O–H groups in total. The number of hydrogen-bond donors (Lipinski definition) is 2. The number of nitrogens with two attached hydrogens (primary N) is 1. The second-order valence-electron chi connectivity index (χ2n) is 7.38. The lowest BCUT2D eigenvalue weighted by atomic mass is 9.93. The summed E-state index contributed by atoms with van der Waals surface area (Å²) in [6, 6.07) is 4.09. The van der Waals surface area contributed by atoms with Crippen LogP contribution in [-0.2, 0) is 11.2 Å². The largest absolute Gasteiger partial charge is 0.444 e. The van der Waals surface area contributed by atoms with Crippen molar-refractivity contribution in [3.8, 4) is 0 Å². The van der Waals surface area contributed by atoms with Crippen molar-refractivity contribution in [2.45, 2.75) is 66.0 Å². The third-order valence-electron chi connectivity index (χ3n) is 3.02. The van der Waals surface area contributed by atoms with Crippen LogP contribution in [0.5, 0.6) is 0 Å². The van der Waals surface area contributed by atoms with Crippen molar-refractivity contribution in [3.05, 3.63) is 28.8 Å². The van der Waals surface area contributed by atoms with Gasteiger partial charge in [-0.15, -0.1) is 0 Å². The molecule has 0 aliphatic heterocycles. The standard InChI is InChI=1S/C17H28N2O2/c1-11-8-13(10-17(6,7)18)9-14(12(11)2)19-15(20)21-16(3,4)5/h8-9H,10,18H2,1-7H3,(H,19,20). The Morgan fingerprint density at radius 2 is 1.76 bits per heavy atom. The average molecular weight is 292 g/mol. The summed E-state index contributed by atoms with van der Waals surface area (Å²) in [7, 11) is 0. The minimum Gasteiger partial charge on any atom is -0.444 e. The molecule has 0 saturated heterocycles. The predicted octanol–water partition coefficient (Wildman–Crippen LogP) is 3.93. The molecule has 0 bridgehead atoms. The molecule has 1 aromatic rings. The number of nitrogens with one attached hydrogen (secondary N) is 1. The summed E-state index contributed by atoms with van der Waals surface area (Å²) in [4.78, 5) is 11.9. The van der Waals surface area contributed by atoms with E-state index in [1.165, 1.54) is 0 Å². The Balaban J connectivity index is 2.98. The van der Waals surface area contributed by atoms with Crippen LogP contribution in [0.4, 0.5) is 10.5 Å². The summed E-state index contributed by atoms with van der Waals surface area (Å²) in [5.74, 6) is 0. The van der Waals surface area contributed by atoms with Gasteiger partial charge in [0.05, 0.1) is 0 Å². The first-order valence-corrected chi connectivity index (χ1v) is 7.26. The fourth-order valence-electron chi connectivity index (χ4n) is 2.11. The monoisotopic (exact) mass is 292 g/mol. The van der Waals surface area contributed by atoms with Crippen molar-refractivity contribution >= 4 is 11.8 Å². The molecule has 0 fully saturated rings. The molecule has 21 heavy (non-hydrogen) atoms. The highest BCUT2D eigenvalue weighted by atomic mass is 16.6. The van der Waals surface area contributed by atoms with Crippen LogP contribution in [0.1, 0.15) is 51.3 Å². The van der Waals surface area contributed by atoms with Crippen molar-refractivity contribution < 1.29 is 9.53 Å². The average Bonchev–Trinajstić information content (AvgIpc) is 2.19. The summed E-state index contributed by atoms with van der Waals surface area (Å²) >= 11 is 0. The van der Waals surface area contributed by atoms with Gasteiger partial charge in [0.1, 0.15) is 5.60 Å². The van der Waals surface area contributed by atoms with Crippen LogP contribution in [0.3, 0.4) is 0 Å². The van der Waals surface area contributed by atoms with Gasteiger partial charge in [0.2, 0.25) is 0 Å². The van der Waals surface area contributed by atoms with Crippen LogP contribution in [0, 0.1) is 13.8 Å². The lowest BCUT2D eigenvalue weighted by molar-refractivity contribution is 0.0636. The minimum absolute atomic E-state index is 0.287. The van der Waals surface area contributed by atoms with Crippen LogP contribution >= 0.6 is 0 Å². The smallest absolute Gasteiger partial charge is 0.412 e. The van der Waals surface area contributed by atoms with E-state index in [2.05, 4.69) is 11.4 Å². The Morgan fingerprint density at radius 3 is 2.24 bits per heavy atom. The molecule has 0 atom stereocenters. The topological polar surface area (TPSA) is 64.3 Å². The third-order valence-corrected chi connectivity index (χ3v) is 3.02. The number of rotatable bonds is 3. The molecular formula is C17H28N2O2. The van der Waals surface area contributed by atoms with E-state index in [0.717, 1.165) is 28.8 Å². The Bertz CT molecular complexity index is 523. The molecule has 118 valence electrons. The zero-order chi connectivity index (χ0) is 16.4. The van der Waals surface area contributed by atoms with Gasteiger partial charge in [-0.1, -0.05) is 6.07 Å². The molecule has 4 heteroatoms. The number of anilines is 1. The number of aryl methyl sites for hydroxylation is 1. The lowest BCUT2D eigenvalue weighted by Gasteiger charge is -2.22. The van der Waals surface area contributed by atoms with E-state index >= 15 is 0 Å². The van der Waals surface area contributed by atoms with Gasteiger partial charge in [-0.2, -0.15) is 0 Å². The quantitative estimate of drug-likeness (QED) is 0.887. The first-order valence-electron chi connectivity index (χ1n) is 7.26. The molecule has 1 rings (SSSR count). The van der Waals surface area contributed by atoms with Crippen LogP contribution in [0.25, 0.3) is 0 Å². The predicted molar refractivity (Wildman–Crippen MR) is 87.7 cm³/mol. The molecule has 4 nitrogen and oxygen atoms in total. The minimum atomic E-state index is -0.510. The zero-order valence-electron chi connectivity index (χ0n) is 14.3. The number of carbonyl (C=O) groups excluding carboxylic acids is 1. The number of hydrogen-bond acceptors (Lipinski definition) is 3. The Hall–Kier alpha value is -1.55. The summed E-state index contributed by atoms with van der Waals surface area (Å²) in [5.41, 5.74) is 9.34. The molecule has 0 aliphatic rings. The van der Waals surface area contributed by atoms with E-state index < -0.39 is 11.7 Å². The fourth-order valence-corrected chi connectivity index (χ4v) is 2.11. The maximum absolute atomic E-state index is 11.9. The summed E-state index contributed by atoms with van der Waals surface area (Å²) in [6.45, 7) is 13.5. The van der Waals surface area contributed by atoms with E-state index in [9.17, 15) is 4.79 Å². The molecule has 0 aromatic heterocycles. The van der Waals surface area contributed by atoms with Crippen LogP contribution < -0.4 is 11.1 Å². The van der Waals surface area contributed by atoms with Gasteiger partial charge >= 0.3 is 6.09 Å². The van der Waals surface area contributed by atoms with Crippen molar-refractivity contribution in [2.75, 3.05) is 5.32 Å². The van der Waals surface area contributed by atoms with E-state index in [0.29, 0.717) is 0 Å². The number of amides is 1. The number of ether oxygens (including phenoxy) is 1. The van der Waals surface area contributed by atoms with Gasteiger partial charge in [0.25, 0.3) is 0 Å². The number of carbonyl (C=O) groups is 1. The number of benzene rings is 1. The molecule has 1 aromatic carbocycles. The highest BCUT2D eigenvalue weighted by Gasteiger charge is 2.18. The molecule has 0 saturated carbocycles. The summed E-state index contributed by atoms with van der Waals surface area (Å²) in [6.07, 6.45) is 0.311. The van der Waals surface area contributed by atoms with E-state index in [4.69, 9.17) is 10.5 Å². The molecule has 0 aliphatic carbocycles. The second-order valence-corrected chi connectivity index (χ2v) is 7.38. The van der Waals surface area contributed by atoms with E-state index in [1.807, 2.05) is 54.5 Å². The highest BCUT2D eigenvalue weighted by Crippen LogP contribution is 2.24. The van der Waals surface area contributed by atoms with Crippen LogP contribution in [0.2, 0.25) is 0 Å². The Labute approximate surface area is 128 Å². The van der Waals surface area contributed by atoms with Gasteiger partial charge in [0.15, 0.2) is 0 Å². The zero-order valence-corrected chi connectivity index (χ0v) is 14.3. The van der Waals surface area contributed by atoms with Crippen LogP contribution in [0.15, 0.2) is 12.1 Å². The molecule has 0 spiro atoms. The third kappa shape index (κ3) is 6.17. The lowest BCUT2D eigenvalue weighted by Crippen LogP contribution is -2.34. The van der Waals surface area contributed by atoms with Crippen molar-refractivity contribution in [3.63, 3.8) is 0 Å². The van der Waals surface area contributed by atoms with Gasteiger partial charge < -0.3 is 10.5 Å². The maximum Gasteiger partial charge on any atom is 0.412 e. The first-order chi connectivity index (χ1) is 9.37. The fraction of sp³-hybridized carbons (Fsp3) is 0.588. The normalized spacial score (nSPS) is 12.2. The van der Waals surface area contributed by atoms with Gasteiger partial charge in [0, 0.05) is 11.2 Å². The summed E-state index contributed by atoms with van der Waals surface area (Å²) < 4.78 is 5.30. The Kier molecular flexibility index (Phi) is 5.05. The van der Waals surface area contributed by atoms with Crippen molar-refractivity contribution in [1.29, 1.82) is 0 Å². The Morgan fingerprint density at radius 1 is 1.19 bits per heavy atom. The summed E-state index contributed by atoms with van der Waals surface area (Å²) in [5, 5.41) is 2.83. The highest BCUT2D eigenvalue weighted by molar-refractivity contribution is 5.86. The SMILES string of the molecule is Cc1cc(CC(C)(C)N)cc(NC(=O)OC(C)(C)C)c1C. The molecule has 0 heterocycles. The molecular weight excluding hydrogens is 264 g/mol. The van der Waals surface area contributed by atoms with Gasteiger partial charge in [-0.05, 0) is 77.6 Å². The molecule has 1 amide bonds. The second kappa shape index (κ2) is 6.06. The van der Waals surface area contributed by atoms with E-state index in [-0.39, 0.29) is 5.54 Å². The van der Waals surface area contributed by atoms with E-state index in [1.54, 1.807) is 0 Å². The van der Waals surface area contributed by atoms with Gasteiger partial charge in [-0.25, -0.2) is 4.79 Å². The van der Waals surface area contributed by atoms with Crippen LogP contribution in [-0.4, -0.2) is 17.2 Å². The first kappa shape index (κ1) is 17.5. The van der Waals surface area contributed by atoms with Gasteiger partial charge in [-0.3, -0.25) is 5.32 Å². The van der Waals surface area contributed by atoms with Crippen molar-refractivity contribution in [1.82, 2.24) is 0 Å². The molecule has 0 unspecified atom stereocenters.